The molecular formula is C6H6FIN2. The zero-order valence-corrected chi connectivity index (χ0v) is 7.54. The molecular weight excluding hydrogens is 246 g/mol. The smallest absolute Gasteiger partial charge is 0.179 e. The van der Waals surface area contributed by atoms with E-state index in [2.05, 4.69) is 9.97 Å². The van der Waals surface area contributed by atoms with Gasteiger partial charge in [-0.3, -0.25) is 0 Å². The standard InChI is InChI=1S/C6H6FIN2/c1-4-5(6(7)8)2-9-3-10-4/h2-3,6H,1H3. The molecule has 0 amide bonds. The number of nitrogens with zero attached hydrogens (tertiary/aromatic N) is 2. The molecule has 0 aromatic carbocycles. The molecule has 2 nitrogen and oxygen atoms in total. The largest absolute Gasteiger partial charge is 0.244 e. The lowest BCUT2D eigenvalue weighted by Gasteiger charge is -2.00. The third-order valence-corrected chi connectivity index (χ3v) is 1.86. The number of hydrogen-bond acceptors (Lipinski definition) is 2. The maximum absolute atomic E-state index is 12.6. The second-order valence-electron chi connectivity index (χ2n) is 1.86. The van der Waals surface area contributed by atoms with Crippen LogP contribution < -0.4 is 0 Å². The fourth-order valence-electron chi connectivity index (χ4n) is 0.616. The number of alkyl halides is 2. The molecule has 0 aliphatic carbocycles. The molecule has 10 heavy (non-hydrogen) atoms. The van der Waals surface area contributed by atoms with Crippen LogP contribution >= 0.6 is 22.6 Å². The van der Waals surface area contributed by atoms with Crippen molar-refractivity contribution in [2.75, 3.05) is 0 Å². The van der Waals surface area contributed by atoms with Gasteiger partial charge in [-0.1, -0.05) is 0 Å². The van der Waals surface area contributed by atoms with Crippen molar-refractivity contribution in [1.29, 1.82) is 0 Å². The Morgan fingerprint density at radius 2 is 2.40 bits per heavy atom. The van der Waals surface area contributed by atoms with E-state index in [1.54, 1.807) is 29.5 Å². The first-order valence-electron chi connectivity index (χ1n) is 2.76. The van der Waals surface area contributed by atoms with E-state index in [1.165, 1.54) is 12.5 Å². The van der Waals surface area contributed by atoms with E-state index in [9.17, 15) is 4.39 Å². The summed E-state index contributed by atoms with van der Waals surface area (Å²) in [6.07, 6.45) is 2.91. The molecule has 4 heteroatoms. The van der Waals surface area contributed by atoms with Crippen LogP contribution in [0.15, 0.2) is 12.5 Å². The van der Waals surface area contributed by atoms with E-state index in [1.807, 2.05) is 0 Å². The van der Waals surface area contributed by atoms with Gasteiger partial charge in [0.2, 0.25) is 0 Å². The lowest BCUT2D eigenvalue weighted by molar-refractivity contribution is 0.486. The second kappa shape index (κ2) is 3.23. The first-order chi connectivity index (χ1) is 4.72. The molecule has 1 heterocycles. The number of aryl methyl sites for hydroxylation is 1. The van der Waals surface area contributed by atoms with Gasteiger partial charge in [0.25, 0.3) is 0 Å². The topological polar surface area (TPSA) is 25.8 Å². The molecule has 54 valence electrons. The molecule has 1 aromatic heterocycles. The molecule has 0 aliphatic rings. The van der Waals surface area contributed by atoms with Crippen molar-refractivity contribution < 1.29 is 4.39 Å². The van der Waals surface area contributed by atoms with Crippen molar-refractivity contribution in [3.05, 3.63) is 23.8 Å². The Labute approximate surface area is 72.0 Å². The van der Waals surface area contributed by atoms with E-state index in [0.717, 1.165) is 0 Å². The van der Waals surface area contributed by atoms with Gasteiger partial charge in [0.05, 0.1) is 0 Å². The minimum absolute atomic E-state index is 0.558. The Kier molecular flexibility index (Phi) is 2.53. The molecule has 0 spiro atoms. The van der Waals surface area contributed by atoms with Crippen molar-refractivity contribution in [2.45, 2.75) is 11.1 Å². The lowest BCUT2D eigenvalue weighted by Crippen LogP contribution is -1.92. The molecule has 1 aromatic rings. The fourth-order valence-corrected chi connectivity index (χ4v) is 1.23. The van der Waals surface area contributed by atoms with E-state index in [0.29, 0.717) is 11.3 Å². The second-order valence-corrected chi connectivity index (χ2v) is 2.96. The summed E-state index contributed by atoms with van der Waals surface area (Å²) in [7, 11) is 0. The van der Waals surface area contributed by atoms with Crippen LogP contribution in [0, 0.1) is 6.92 Å². The molecule has 1 atom stereocenters. The van der Waals surface area contributed by atoms with Gasteiger partial charge in [0.15, 0.2) is 4.18 Å². The number of halogens is 2. The SMILES string of the molecule is Cc1ncncc1C(F)I. The lowest BCUT2D eigenvalue weighted by atomic mass is 10.3. The van der Waals surface area contributed by atoms with Crippen LogP contribution in [-0.4, -0.2) is 9.97 Å². The fraction of sp³-hybridized carbons (Fsp3) is 0.333. The average Bonchev–Trinajstić information content (AvgIpc) is 1.88. The predicted octanol–water partition coefficient (Wildman–Crippen LogP) is 2.19. The first kappa shape index (κ1) is 7.84. The maximum atomic E-state index is 12.6. The van der Waals surface area contributed by atoms with Gasteiger partial charge in [-0.15, -0.1) is 0 Å². The van der Waals surface area contributed by atoms with Gasteiger partial charge < -0.3 is 0 Å². The summed E-state index contributed by atoms with van der Waals surface area (Å²) < 4.78 is 11.6. The van der Waals surface area contributed by atoms with Gasteiger partial charge >= 0.3 is 0 Å². The molecule has 1 rings (SSSR count). The van der Waals surface area contributed by atoms with Gasteiger partial charge in [0.1, 0.15) is 6.33 Å². The van der Waals surface area contributed by atoms with Gasteiger partial charge in [-0.2, -0.15) is 0 Å². The maximum Gasteiger partial charge on any atom is 0.179 e. The third kappa shape index (κ3) is 1.62. The minimum Gasteiger partial charge on any atom is -0.244 e. The van der Waals surface area contributed by atoms with E-state index in [-0.39, 0.29) is 0 Å². The highest BCUT2D eigenvalue weighted by Crippen LogP contribution is 2.24. The summed E-state index contributed by atoms with van der Waals surface area (Å²) in [4.78, 5) is 7.56. The molecule has 0 saturated heterocycles. The highest BCUT2D eigenvalue weighted by atomic mass is 127. The van der Waals surface area contributed by atoms with Crippen LogP contribution in [0.4, 0.5) is 4.39 Å². The predicted molar refractivity (Wildman–Crippen MR) is 44.6 cm³/mol. The number of aromatic nitrogens is 2. The van der Waals surface area contributed by atoms with Crippen molar-refractivity contribution in [3.63, 3.8) is 0 Å². The van der Waals surface area contributed by atoms with Crippen LogP contribution in [0.3, 0.4) is 0 Å². The van der Waals surface area contributed by atoms with E-state index < -0.39 is 4.18 Å². The number of rotatable bonds is 1. The highest BCUT2D eigenvalue weighted by Gasteiger charge is 2.07. The third-order valence-electron chi connectivity index (χ3n) is 1.18. The summed E-state index contributed by atoms with van der Waals surface area (Å²) in [6, 6.07) is 0. The van der Waals surface area contributed by atoms with Crippen molar-refractivity contribution >= 4 is 22.6 Å². The molecule has 0 radical (unpaired) electrons. The molecule has 0 bridgehead atoms. The van der Waals surface area contributed by atoms with Crippen molar-refractivity contribution in [2.24, 2.45) is 0 Å². The van der Waals surface area contributed by atoms with Crippen LogP contribution in [-0.2, 0) is 0 Å². The van der Waals surface area contributed by atoms with Gasteiger partial charge in [-0.05, 0) is 29.5 Å². The summed E-state index contributed by atoms with van der Waals surface area (Å²) in [5, 5.41) is 0. The van der Waals surface area contributed by atoms with Crippen molar-refractivity contribution in [1.82, 2.24) is 9.97 Å². The molecule has 0 N–H and O–H groups in total. The van der Waals surface area contributed by atoms with Crippen LogP contribution in [0.5, 0.6) is 0 Å². The monoisotopic (exact) mass is 252 g/mol. The quantitative estimate of drug-likeness (QED) is 0.565. The first-order valence-corrected chi connectivity index (χ1v) is 4.01. The zero-order chi connectivity index (χ0) is 7.56. The van der Waals surface area contributed by atoms with E-state index >= 15 is 0 Å². The Morgan fingerprint density at radius 3 is 2.80 bits per heavy atom. The summed E-state index contributed by atoms with van der Waals surface area (Å²) in [5.41, 5.74) is 1.26. The normalized spacial score (nSPS) is 13.1. The van der Waals surface area contributed by atoms with E-state index in [4.69, 9.17) is 0 Å². The zero-order valence-electron chi connectivity index (χ0n) is 5.38. The van der Waals surface area contributed by atoms with Crippen LogP contribution in [0.2, 0.25) is 0 Å². The van der Waals surface area contributed by atoms with Gasteiger partial charge in [0, 0.05) is 17.5 Å². The Morgan fingerprint density at radius 1 is 1.70 bits per heavy atom. The van der Waals surface area contributed by atoms with Crippen LogP contribution in [0.1, 0.15) is 15.4 Å². The Hall–Kier alpha value is -0.260. The van der Waals surface area contributed by atoms with Crippen LogP contribution in [0.25, 0.3) is 0 Å². The minimum atomic E-state index is -1.00. The average molecular weight is 252 g/mol. The molecule has 1 unspecified atom stereocenters. The number of hydrogen-bond donors (Lipinski definition) is 0. The molecule has 0 saturated carbocycles. The molecule has 0 fully saturated rings. The highest BCUT2D eigenvalue weighted by molar-refractivity contribution is 14.1. The van der Waals surface area contributed by atoms with Gasteiger partial charge in [-0.25, -0.2) is 14.4 Å². The summed E-state index contributed by atoms with van der Waals surface area (Å²) in [5.74, 6) is 0. The molecule has 0 aliphatic heterocycles. The Balaban J connectivity index is 3.03. The summed E-state index contributed by atoms with van der Waals surface area (Å²) >= 11 is 1.69. The van der Waals surface area contributed by atoms with Crippen molar-refractivity contribution in [3.8, 4) is 0 Å². The summed E-state index contributed by atoms with van der Waals surface area (Å²) in [6.45, 7) is 1.77. The Bertz CT molecular complexity index is 227.